The molecule has 186 valence electrons. The first kappa shape index (κ1) is 24.7. The predicted octanol–water partition coefficient (Wildman–Crippen LogP) is 3.36. The van der Waals surface area contributed by atoms with Gasteiger partial charge in [0, 0.05) is 18.9 Å². The highest BCUT2D eigenvalue weighted by molar-refractivity contribution is 5.85. The van der Waals surface area contributed by atoms with Crippen molar-refractivity contribution in [1.82, 2.24) is 15.5 Å². The molecule has 0 aliphatic heterocycles. The third-order valence-electron chi connectivity index (χ3n) is 7.02. The number of carboxylic acid groups (broad SMARTS) is 1. The molecular formula is C27H33N3O5. The van der Waals surface area contributed by atoms with Gasteiger partial charge in [-0.15, -0.1) is 0 Å². The molecule has 2 aromatic rings. The Hall–Kier alpha value is -3.39. The maximum absolute atomic E-state index is 12.8. The van der Waals surface area contributed by atoms with E-state index in [-0.39, 0.29) is 24.9 Å². The van der Waals surface area contributed by atoms with E-state index in [1.807, 2.05) is 43.3 Å². The second-order valence-corrected chi connectivity index (χ2v) is 9.81. The standard InChI is InChI=1S/C27H33N3O5/c1-30(2)15-12-23(25(32)33)28-24(31)16-27(13-7-14-27)29-26(34)35-17-22-20-10-5-3-8-18(20)19-9-4-6-11-21(19)22/h3-6,8-11,22-23H,7,12-17H2,1-2H3,(H,28,31)(H,29,34)(H,32,33). The number of hydrogen-bond donors (Lipinski definition) is 3. The van der Waals surface area contributed by atoms with Gasteiger partial charge in [-0.3, -0.25) is 4.79 Å². The van der Waals surface area contributed by atoms with Crippen LogP contribution in [-0.2, 0) is 14.3 Å². The molecule has 1 fully saturated rings. The van der Waals surface area contributed by atoms with E-state index in [0.29, 0.717) is 25.8 Å². The fourth-order valence-electron chi connectivity index (χ4n) is 5.00. The van der Waals surface area contributed by atoms with Crippen LogP contribution in [0.1, 0.15) is 49.1 Å². The van der Waals surface area contributed by atoms with E-state index in [1.165, 1.54) is 0 Å². The van der Waals surface area contributed by atoms with E-state index in [0.717, 1.165) is 28.7 Å². The lowest BCUT2D eigenvalue weighted by Gasteiger charge is -2.41. The highest BCUT2D eigenvalue weighted by atomic mass is 16.5. The van der Waals surface area contributed by atoms with E-state index >= 15 is 0 Å². The van der Waals surface area contributed by atoms with Crippen LogP contribution < -0.4 is 10.6 Å². The molecule has 35 heavy (non-hydrogen) atoms. The predicted molar refractivity (Wildman–Crippen MR) is 132 cm³/mol. The number of benzene rings is 2. The second kappa shape index (κ2) is 10.5. The molecule has 0 radical (unpaired) electrons. The summed E-state index contributed by atoms with van der Waals surface area (Å²) in [4.78, 5) is 38.8. The Kier molecular flexibility index (Phi) is 7.40. The van der Waals surface area contributed by atoms with Gasteiger partial charge in [0.25, 0.3) is 0 Å². The zero-order chi connectivity index (χ0) is 25.0. The lowest BCUT2D eigenvalue weighted by Crippen LogP contribution is -2.57. The number of rotatable bonds is 10. The van der Waals surface area contributed by atoms with Gasteiger partial charge in [-0.05, 0) is 62.0 Å². The van der Waals surface area contributed by atoms with E-state index in [1.54, 1.807) is 0 Å². The number of carbonyl (C=O) groups is 3. The molecule has 0 saturated heterocycles. The fraction of sp³-hybridized carbons (Fsp3) is 0.444. The maximum Gasteiger partial charge on any atom is 0.407 e. The molecular weight excluding hydrogens is 446 g/mol. The number of nitrogens with zero attached hydrogens (tertiary/aromatic N) is 1. The van der Waals surface area contributed by atoms with Crippen LogP contribution in [0.4, 0.5) is 4.79 Å². The van der Waals surface area contributed by atoms with Crippen molar-refractivity contribution in [3.8, 4) is 11.1 Å². The highest BCUT2D eigenvalue weighted by Crippen LogP contribution is 2.44. The molecule has 8 heteroatoms. The molecule has 0 bridgehead atoms. The number of carbonyl (C=O) groups excluding carboxylic acids is 2. The molecule has 0 spiro atoms. The number of alkyl carbamates (subject to hydrolysis) is 1. The van der Waals surface area contributed by atoms with Gasteiger partial charge in [0.15, 0.2) is 0 Å². The quantitative estimate of drug-likeness (QED) is 0.482. The third kappa shape index (κ3) is 5.65. The Morgan fingerprint density at radius 2 is 1.66 bits per heavy atom. The number of ether oxygens (including phenoxy) is 1. The van der Waals surface area contributed by atoms with Crippen LogP contribution in [-0.4, -0.2) is 66.8 Å². The second-order valence-electron chi connectivity index (χ2n) is 9.81. The number of nitrogens with one attached hydrogen (secondary N) is 2. The molecule has 2 aromatic carbocycles. The molecule has 3 N–H and O–H groups in total. The fourth-order valence-corrected chi connectivity index (χ4v) is 5.00. The summed E-state index contributed by atoms with van der Waals surface area (Å²) in [5.41, 5.74) is 3.89. The van der Waals surface area contributed by atoms with Crippen molar-refractivity contribution in [3.63, 3.8) is 0 Å². The normalized spacial score (nSPS) is 16.5. The summed E-state index contributed by atoms with van der Waals surface area (Å²) >= 11 is 0. The van der Waals surface area contributed by atoms with Gasteiger partial charge in [0.2, 0.25) is 5.91 Å². The van der Waals surface area contributed by atoms with Gasteiger partial charge in [-0.1, -0.05) is 48.5 Å². The molecule has 1 atom stereocenters. The van der Waals surface area contributed by atoms with Crippen molar-refractivity contribution in [2.24, 2.45) is 0 Å². The summed E-state index contributed by atoms with van der Waals surface area (Å²) < 4.78 is 5.66. The zero-order valence-corrected chi connectivity index (χ0v) is 20.3. The molecule has 1 unspecified atom stereocenters. The number of carboxylic acids is 1. The molecule has 2 aliphatic carbocycles. The van der Waals surface area contributed by atoms with Crippen molar-refractivity contribution < 1.29 is 24.2 Å². The van der Waals surface area contributed by atoms with Gasteiger partial charge in [0.05, 0.1) is 5.54 Å². The van der Waals surface area contributed by atoms with Crippen LogP contribution in [0, 0.1) is 0 Å². The number of aliphatic carboxylic acids is 1. The van der Waals surface area contributed by atoms with Crippen LogP contribution in [0.5, 0.6) is 0 Å². The van der Waals surface area contributed by atoms with Crippen molar-refractivity contribution in [1.29, 1.82) is 0 Å². The highest BCUT2D eigenvalue weighted by Gasteiger charge is 2.41. The minimum atomic E-state index is -1.06. The van der Waals surface area contributed by atoms with E-state index < -0.39 is 23.6 Å². The van der Waals surface area contributed by atoms with Crippen LogP contribution in [0.3, 0.4) is 0 Å². The molecule has 0 heterocycles. The Morgan fingerprint density at radius 3 is 2.17 bits per heavy atom. The van der Waals surface area contributed by atoms with Gasteiger partial charge in [-0.2, -0.15) is 0 Å². The number of amides is 2. The van der Waals surface area contributed by atoms with Gasteiger partial charge >= 0.3 is 12.1 Å². The summed E-state index contributed by atoms with van der Waals surface area (Å²) in [6, 6.07) is 15.3. The van der Waals surface area contributed by atoms with Crippen LogP contribution >= 0.6 is 0 Å². The van der Waals surface area contributed by atoms with Crippen LogP contribution in [0.15, 0.2) is 48.5 Å². The Bertz CT molecular complexity index is 1050. The Balaban J connectivity index is 1.34. The van der Waals surface area contributed by atoms with Crippen LogP contribution in [0.2, 0.25) is 0 Å². The van der Waals surface area contributed by atoms with Gasteiger partial charge < -0.3 is 25.4 Å². The smallest absolute Gasteiger partial charge is 0.407 e. The first-order valence-electron chi connectivity index (χ1n) is 12.1. The molecule has 8 nitrogen and oxygen atoms in total. The maximum atomic E-state index is 12.8. The summed E-state index contributed by atoms with van der Waals surface area (Å²) in [6.45, 7) is 0.744. The Labute approximate surface area is 205 Å². The Morgan fingerprint density at radius 1 is 1.06 bits per heavy atom. The average Bonchev–Trinajstić information content (AvgIpc) is 3.12. The summed E-state index contributed by atoms with van der Waals surface area (Å²) in [5, 5.41) is 15.0. The molecule has 2 aliphatic rings. The molecule has 2 amide bonds. The topological polar surface area (TPSA) is 108 Å². The van der Waals surface area contributed by atoms with Crippen molar-refractivity contribution in [2.75, 3.05) is 27.2 Å². The first-order valence-corrected chi connectivity index (χ1v) is 12.1. The molecule has 1 saturated carbocycles. The van der Waals surface area contributed by atoms with Crippen molar-refractivity contribution in [2.45, 2.75) is 49.6 Å². The van der Waals surface area contributed by atoms with E-state index in [4.69, 9.17) is 4.74 Å². The van der Waals surface area contributed by atoms with E-state index in [2.05, 4.69) is 34.9 Å². The SMILES string of the molecule is CN(C)CCC(NC(=O)CC1(NC(=O)OCC2c3ccccc3-c3ccccc32)CCC1)C(=O)O. The van der Waals surface area contributed by atoms with E-state index in [9.17, 15) is 19.5 Å². The van der Waals surface area contributed by atoms with Crippen LogP contribution in [0.25, 0.3) is 11.1 Å². The zero-order valence-electron chi connectivity index (χ0n) is 20.3. The third-order valence-corrected chi connectivity index (χ3v) is 7.02. The lowest BCUT2D eigenvalue weighted by molar-refractivity contribution is -0.142. The lowest BCUT2D eigenvalue weighted by atomic mass is 9.74. The molecule has 4 rings (SSSR count). The summed E-state index contributed by atoms with van der Waals surface area (Å²) in [7, 11) is 3.70. The minimum absolute atomic E-state index is 0.0307. The monoisotopic (exact) mass is 479 g/mol. The average molecular weight is 480 g/mol. The van der Waals surface area contributed by atoms with Gasteiger partial charge in [-0.25, -0.2) is 9.59 Å². The van der Waals surface area contributed by atoms with Gasteiger partial charge in [0.1, 0.15) is 12.6 Å². The molecule has 0 aromatic heterocycles. The summed E-state index contributed by atoms with van der Waals surface area (Å²) in [6.07, 6.45) is 1.98. The van der Waals surface area contributed by atoms with Crippen molar-refractivity contribution >= 4 is 18.0 Å². The number of fused-ring (bicyclic) bond motifs is 3. The summed E-state index contributed by atoms with van der Waals surface area (Å²) in [5.74, 6) is -1.48. The minimum Gasteiger partial charge on any atom is -0.480 e. The largest absolute Gasteiger partial charge is 0.480 e. The first-order chi connectivity index (χ1) is 16.8. The van der Waals surface area contributed by atoms with Crippen molar-refractivity contribution in [3.05, 3.63) is 59.7 Å². The number of hydrogen-bond acceptors (Lipinski definition) is 5.